The van der Waals surface area contributed by atoms with E-state index in [1.165, 1.54) is 0 Å². The van der Waals surface area contributed by atoms with Gasteiger partial charge in [0.1, 0.15) is 0 Å². The molecule has 0 aliphatic rings. The smallest absolute Gasteiger partial charge is 0.0991 e. The quantitative estimate of drug-likeness (QED) is 0.649. The highest BCUT2D eigenvalue weighted by atomic mass is 14.3. The summed E-state index contributed by atoms with van der Waals surface area (Å²) >= 11 is 0. The second-order valence-electron chi connectivity index (χ2n) is 3.43. The molecule has 1 rings (SSSR count). The monoisotopic (exact) mass is 170 g/mol. The lowest BCUT2D eigenvalue weighted by Crippen LogP contribution is -2.13. The van der Waals surface area contributed by atoms with Gasteiger partial charge < -0.3 is 0 Å². The Morgan fingerprint density at radius 3 is 2.00 bits per heavy atom. The number of nitriles is 2. The lowest BCUT2D eigenvalue weighted by atomic mass is 9.86. The molecule has 0 fully saturated rings. The van der Waals surface area contributed by atoms with Crippen molar-refractivity contribution in [2.45, 2.75) is 19.3 Å². The minimum atomic E-state index is -0.478. The standard InChI is InChI=1S/C11H10N2/c1-11(2,8-13)10-5-3-9(7-12)4-6-10/h3-6H,1-2H3. The average molecular weight is 170 g/mol. The molecule has 0 bridgehead atoms. The minimum absolute atomic E-state index is 0.478. The highest BCUT2D eigenvalue weighted by Crippen LogP contribution is 2.21. The second kappa shape index (κ2) is 3.29. The molecule has 2 heteroatoms. The Morgan fingerprint density at radius 2 is 1.62 bits per heavy atom. The molecule has 0 heterocycles. The molecule has 64 valence electrons. The molecule has 0 amide bonds. The van der Waals surface area contributed by atoms with Gasteiger partial charge >= 0.3 is 0 Å². The first-order chi connectivity index (χ1) is 6.10. The van der Waals surface area contributed by atoms with Gasteiger partial charge in [0, 0.05) is 0 Å². The van der Waals surface area contributed by atoms with Crippen LogP contribution in [0.5, 0.6) is 0 Å². The summed E-state index contributed by atoms with van der Waals surface area (Å²) in [7, 11) is 0. The fourth-order valence-electron chi connectivity index (χ4n) is 1.03. The van der Waals surface area contributed by atoms with Crippen molar-refractivity contribution < 1.29 is 0 Å². The van der Waals surface area contributed by atoms with Crippen molar-refractivity contribution in [3.05, 3.63) is 35.4 Å². The van der Waals surface area contributed by atoms with Gasteiger partial charge in [0.15, 0.2) is 0 Å². The zero-order valence-electron chi connectivity index (χ0n) is 7.70. The fourth-order valence-corrected chi connectivity index (χ4v) is 1.03. The fraction of sp³-hybridized carbons (Fsp3) is 0.273. The molecule has 0 N–H and O–H groups in total. The van der Waals surface area contributed by atoms with Crippen LogP contribution >= 0.6 is 0 Å². The molecule has 0 saturated heterocycles. The highest BCUT2D eigenvalue weighted by molar-refractivity contribution is 5.37. The maximum Gasteiger partial charge on any atom is 0.0991 e. The predicted octanol–water partition coefficient (Wildman–Crippen LogP) is 2.36. The molecule has 0 unspecified atom stereocenters. The molecule has 0 aromatic heterocycles. The summed E-state index contributed by atoms with van der Waals surface area (Å²) in [5.41, 5.74) is 1.08. The Balaban J connectivity index is 3.09. The van der Waals surface area contributed by atoms with Gasteiger partial charge in [0.05, 0.1) is 23.1 Å². The van der Waals surface area contributed by atoms with Crippen LogP contribution in [-0.4, -0.2) is 0 Å². The Hall–Kier alpha value is -1.80. The van der Waals surface area contributed by atoms with E-state index in [1.807, 2.05) is 32.0 Å². The normalized spacial score (nSPS) is 10.2. The summed E-state index contributed by atoms with van der Waals surface area (Å²) in [6.45, 7) is 3.71. The largest absolute Gasteiger partial charge is 0.197 e. The number of benzene rings is 1. The van der Waals surface area contributed by atoms with E-state index < -0.39 is 5.41 Å². The molecular formula is C11H10N2. The third kappa shape index (κ3) is 1.86. The molecule has 2 nitrogen and oxygen atoms in total. The van der Waals surface area contributed by atoms with Crippen molar-refractivity contribution in [2.24, 2.45) is 0 Å². The van der Waals surface area contributed by atoms with E-state index in [-0.39, 0.29) is 0 Å². The summed E-state index contributed by atoms with van der Waals surface area (Å²) in [5.74, 6) is 0. The molecule has 0 atom stereocenters. The van der Waals surface area contributed by atoms with Crippen LogP contribution in [-0.2, 0) is 5.41 Å². The number of hydrogen-bond donors (Lipinski definition) is 0. The van der Waals surface area contributed by atoms with Crippen molar-refractivity contribution in [1.82, 2.24) is 0 Å². The van der Waals surface area contributed by atoms with Gasteiger partial charge in [0.25, 0.3) is 0 Å². The molecule has 0 radical (unpaired) electrons. The maximum atomic E-state index is 8.86. The Kier molecular flexibility index (Phi) is 2.35. The highest BCUT2D eigenvalue weighted by Gasteiger charge is 2.18. The Morgan fingerprint density at radius 1 is 1.08 bits per heavy atom. The minimum Gasteiger partial charge on any atom is -0.197 e. The topological polar surface area (TPSA) is 47.6 Å². The SMILES string of the molecule is CC(C)(C#N)c1ccc(C#N)cc1. The van der Waals surface area contributed by atoms with E-state index in [0.717, 1.165) is 5.56 Å². The number of rotatable bonds is 1. The van der Waals surface area contributed by atoms with Crippen molar-refractivity contribution >= 4 is 0 Å². The summed E-state index contributed by atoms with van der Waals surface area (Å²) in [6, 6.07) is 11.4. The van der Waals surface area contributed by atoms with E-state index in [1.54, 1.807) is 12.1 Å². The lowest BCUT2D eigenvalue weighted by molar-refractivity contribution is 0.687. The van der Waals surface area contributed by atoms with Crippen molar-refractivity contribution in [2.75, 3.05) is 0 Å². The molecule has 0 saturated carbocycles. The van der Waals surface area contributed by atoms with Crippen LogP contribution < -0.4 is 0 Å². The molecule has 0 aliphatic carbocycles. The maximum absolute atomic E-state index is 8.86. The summed E-state index contributed by atoms with van der Waals surface area (Å²) in [6.07, 6.45) is 0. The van der Waals surface area contributed by atoms with Gasteiger partial charge in [-0.25, -0.2) is 0 Å². The van der Waals surface area contributed by atoms with Gasteiger partial charge in [-0.2, -0.15) is 10.5 Å². The predicted molar refractivity (Wildman–Crippen MR) is 49.8 cm³/mol. The first-order valence-electron chi connectivity index (χ1n) is 4.02. The molecule has 1 aromatic carbocycles. The summed E-state index contributed by atoms with van der Waals surface area (Å²) in [5, 5.41) is 17.4. The second-order valence-corrected chi connectivity index (χ2v) is 3.43. The van der Waals surface area contributed by atoms with Crippen LogP contribution in [0.4, 0.5) is 0 Å². The third-order valence-electron chi connectivity index (χ3n) is 2.02. The van der Waals surface area contributed by atoms with Crippen LogP contribution in [0.1, 0.15) is 25.0 Å². The van der Waals surface area contributed by atoms with Crippen LogP contribution in [0.15, 0.2) is 24.3 Å². The van der Waals surface area contributed by atoms with Crippen LogP contribution in [0, 0.1) is 22.7 Å². The molecule has 13 heavy (non-hydrogen) atoms. The van der Waals surface area contributed by atoms with Gasteiger partial charge in [-0.1, -0.05) is 12.1 Å². The zero-order chi connectivity index (χ0) is 9.90. The Labute approximate surface area is 78.0 Å². The van der Waals surface area contributed by atoms with Crippen LogP contribution in [0.25, 0.3) is 0 Å². The lowest BCUT2D eigenvalue weighted by Gasteiger charge is -2.14. The van der Waals surface area contributed by atoms with Gasteiger partial charge in [-0.15, -0.1) is 0 Å². The van der Waals surface area contributed by atoms with Gasteiger partial charge in [0.2, 0.25) is 0 Å². The first-order valence-corrected chi connectivity index (χ1v) is 4.02. The zero-order valence-corrected chi connectivity index (χ0v) is 7.70. The van der Waals surface area contributed by atoms with Crippen molar-refractivity contribution in [1.29, 1.82) is 10.5 Å². The molecule has 0 aliphatic heterocycles. The van der Waals surface area contributed by atoms with Crippen LogP contribution in [0.3, 0.4) is 0 Å². The van der Waals surface area contributed by atoms with Gasteiger partial charge in [-0.05, 0) is 31.5 Å². The first kappa shape index (κ1) is 9.29. The van der Waals surface area contributed by atoms with Crippen molar-refractivity contribution in [3.8, 4) is 12.1 Å². The summed E-state index contributed by atoms with van der Waals surface area (Å²) in [4.78, 5) is 0. The van der Waals surface area contributed by atoms with E-state index in [2.05, 4.69) is 6.07 Å². The average Bonchev–Trinajstić information content (AvgIpc) is 2.18. The summed E-state index contributed by atoms with van der Waals surface area (Å²) < 4.78 is 0. The van der Waals surface area contributed by atoms with Crippen LogP contribution in [0.2, 0.25) is 0 Å². The number of hydrogen-bond acceptors (Lipinski definition) is 2. The van der Waals surface area contributed by atoms with E-state index in [4.69, 9.17) is 10.5 Å². The molecule has 0 spiro atoms. The van der Waals surface area contributed by atoms with E-state index in [9.17, 15) is 0 Å². The molecular weight excluding hydrogens is 160 g/mol. The van der Waals surface area contributed by atoms with E-state index >= 15 is 0 Å². The molecule has 1 aromatic rings. The van der Waals surface area contributed by atoms with Crippen molar-refractivity contribution in [3.63, 3.8) is 0 Å². The third-order valence-corrected chi connectivity index (χ3v) is 2.02. The number of nitrogens with zero attached hydrogens (tertiary/aromatic N) is 2. The Bertz CT molecular complexity index is 374. The van der Waals surface area contributed by atoms with Gasteiger partial charge in [-0.3, -0.25) is 0 Å². The van der Waals surface area contributed by atoms with E-state index in [0.29, 0.717) is 5.56 Å².